The van der Waals surface area contributed by atoms with Crippen LogP contribution >= 0.6 is 0 Å². The summed E-state index contributed by atoms with van der Waals surface area (Å²) in [6.45, 7) is 3.24. The normalized spacial score (nSPS) is 16.5. The highest BCUT2D eigenvalue weighted by atomic mass is 19.1. The monoisotopic (exact) mass is 523 g/mol. The van der Waals surface area contributed by atoms with E-state index in [4.69, 9.17) is 10.00 Å². The average Bonchev–Trinajstić information content (AvgIpc) is 3.33. The molecule has 0 spiro atoms. The number of carbonyl (C=O) groups is 2. The SMILES string of the molecule is COC(=O)N1CCCC(Nc2cc(-c3ccc4cc(C#N)cnn34)ncc2C(=O)NC[C@@H](F)C(C)(C)O)C1. The lowest BCUT2D eigenvalue weighted by molar-refractivity contribution is -0.00178. The fraction of sp³-hybridized carbons (Fsp3) is 0.423. The van der Waals surface area contributed by atoms with Crippen molar-refractivity contribution in [1.82, 2.24) is 24.8 Å². The third-order valence-electron chi connectivity index (χ3n) is 6.46. The predicted octanol–water partition coefficient (Wildman–Crippen LogP) is 2.75. The molecule has 1 aliphatic heterocycles. The number of aliphatic hydroxyl groups is 1. The molecule has 38 heavy (non-hydrogen) atoms. The fourth-order valence-electron chi connectivity index (χ4n) is 4.29. The highest BCUT2D eigenvalue weighted by Crippen LogP contribution is 2.27. The minimum absolute atomic E-state index is 0.171. The topological polar surface area (TPSA) is 145 Å². The maximum atomic E-state index is 14.3. The molecule has 200 valence electrons. The number of amides is 2. The van der Waals surface area contributed by atoms with Crippen molar-refractivity contribution >= 4 is 23.2 Å². The van der Waals surface area contributed by atoms with Gasteiger partial charge < -0.3 is 25.4 Å². The number of nitrogens with zero attached hydrogens (tertiary/aromatic N) is 5. The number of methoxy groups -OCH3 is 1. The van der Waals surface area contributed by atoms with Gasteiger partial charge in [0.15, 0.2) is 0 Å². The van der Waals surface area contributed by atoms with Crippen LogP contribution in [0, 0.1) is 11.3 Å². The Hall–Kier alpha value is -4.24. The number of ether oxygens (including phenoxy) is 1. The Morgan fingerprint density at radius 1 is 1.34 bits per heavy atom. The number of likely N-dealkylation sites (tertiary alicyclic amines) is 1. The molecule has 3 aromatic rings. The summed E-state index contributed by atoms with van der Waals surface area (Å²) in [7, 11) is 1.33. The lowest BCUT2D eigenvalue weighted by Gasteiger charge is -2.33. The summed E-state index contributed by atoms with van der Waals surface area (Å²) >= 11 is 0. The molecule has 2 amide bonds. The molecule has 2 atom stereocenters. The molecular formula is C26H30FN7O4. The van der Waals surface area contributed by atoms with Crippen LogP contribution in [-0.2, 0) is 4.74 Å². The van der Waals surface area contributed by atoms with Crippen LogP contribution in [-0.4, -0.2) is 81.2 Å². The van der Waals surface area contributed by atoms with Crippen LogP contribution in [0.1, 0.15) is 42.6 Å². The molecule has 1 unspecified atom stereocenters. The number of alkyl halides is 1. The Balaban J connectivity index is 1.66. The summed E-state index contributed by atoms with van der Waals surface area (Å²) in [5.74, 6) is -0.559. The second-order valence-corrected chi connectivity index (χ2v) is 9.76. The van der Waals surface area contributed by atoms with E-state index < -0.39 is 23.8 Å². The van der Waals surface area contributed by atoms with Gasteiger partial charge in [0.2, 0.25) is 0 Å². The van der Waals surface area contributed by atoms with Crippen molar-refractivity contribution in [2.45, 2.75) is 44.5 Å². The molecule has 0 radical (unpaired) electrons. The van der Waals surface area contributed by atoms with Gasteiger partial charge in [0.05, 0.1) is 59.2 Å². The van der Waals surface area contributed by atoms with E-state index in [0.717, 1.165) is 12.8 Å². The van der Waals surface area contributed by atoms with Crippen LogP contribution in [0.25, 0.3) is 16.9 Å². The second-order valence-electron chi connectivity index (χ2n) is 9.76. The van der Waals surface area contributed by atoms with Crippen molar-refractivity contribution in [3.63, 3.8) is 0 Å². The third-order valence-corrected chi connectivity index (χ3v) is 6.46. The number of piperidine rings is 1. The highest BCUT2D eigenvalue weighted by Gasteiger charge is 2.28. The zero-order valence-electron chi connectivity index (χ0n) is 21.4. The molecule has 3 N–H and O–H groups in total. The Morgan fingerprint density at radius 2 is 2.13 bits per heavy atom. The lowest BCUT2D eigenvalue weighted by Crippen LogP contribution is -2.45. The molecule has 1 aliphatic rings. The van der Waals surface area contributed by atoms with Crippen molar-refractivity contribution in [2.24, 2.45) is 0 Å². The Kier molecular flexibility index (Phi) is 7.78. The van der Waals surface area contributed by atoms with Gasteiger partial charge in [-0.05, 0) is 51.0 Å². The number of nitrogens with one attached hydrogen (secondary N) is 2. The first kappa shape index (κ1) is 26.8. The molecule has 0 saturated carbocycles. The third kappa shape index (κ3) is 5.84. The second kappa shape index (κ2) is 11.0. The summed E-state index contributed by atoms with van der Waals surface area (Å²) in [5.41, 5.74) is 1.32. The molecule has 4 heterocycles. The van der Waals surface area contributed by atoms with E-state index in [2.05, 4.69) is 26.8 Å². The molecule has 0 aromatic carbocycles. The molecule has 0 bridgehead atoms. The molecule has 1 fully saturated rings. The Labute approximate surface area is 219 Å². The molecule has 12 heteroatoms. The van der Waals surface area contributed by atoms with Crippen LogP contribution in [0.5, 0.6) is 0 Å². The molecular weight excluding hydrogens is 493 g/mol. The summed E-state index contributed by atoms with van der Waals surface area (Å²) in [6.07, 6.45) is 2.26. The van der Waals surface area contributed by atoms with Gasteiger partial charge in [-0.15, -0.1) is 0 Å². The lowest BCUT2D eigenvalue weighted by atomic mass is 10.0. The number of carbonyl (C=O) groups excluding carboxylic acids is 2. The maximum absolute atomic E-state index is 14.3. The van der Waals surface area contributed by atoms with Crippen molar-refractivity contribution < 1.29 is 23.8 Å². The van der Waals surface area contributed by atoms with Crippen LogP contribution in [0.3, 0.4) is 0 Å². The molecule has 4 rings (SSSR count). The maximum Gasteiger partial charge on any atom is 0.409 e. The van der Waals surface area contributed by atoms with E-state index in [1.165, 1.54) is 33.4 Å². The van der Waals surface area contributed by atoms with Crippen molar-refractivity contribution in [3.8, 4) is 17.5 Å². The standard InChI is InChI=1S/C26H30FN7O4/c1-26(2,37)23(27)14-30-24(35)19-13-29-21(22-7-6-18-9-16(11-28)12-31-34(18)22)10-20(19)32-17-5-4-8-33(15-17)25(36)38-3/h6-7,9-10,12-13,17,23,37H,4-5,8,14-15H2,1-3H3,(H,29,32)(H,30,35)/t17?,23-/m1/s1. The average molecular weight is 524 g/mol. The smallest absolute Gasteiger partial charge is 0.409 e. The van der Waals surface area contributed by atoms with Crippen LogP contribution in [0.15, 0.2) is 36.7 Å². The number of hydrogen-bond acceptors (Lipinski definition) is 8. The van der Waals surface area contributed by atoms with Crippen LogP contribution in [0.2, 0.25) is 0 Å². The minimum Gasteiger partial charge on any atom is -0.453 e. The van der Waals surface area contributed by atoms with Gasteiger partial charge in [0, 0.05) is 25.3 Å². The minimum atomic E-state index is -1.67. The zero-order chi connectivity index (χ0) is 27.4. The summed E-state index contributed by atoms with van der Waals surface area (Å²) < 4.78 is 20.8. The number of anilines is 1. The number of fused-ring (bicyclic) bond motifs is 1. The van der Waals surface area contributed by atoms with Gasteiger partial charge in [-0.2, -0.15) is 10.4 Å². The van der Waals surface area contributed by atoms with Gasteiger partial charge in [0.25, 0.3) is 5.91 Å². The quantitative estimate of drug-likeness (QED) is 0.429. The van der Waals surface area contributed by atoms with Crippen LogP contribution < -0.4 is 10.6 Å². The van der Waals surface area contributed by atoms with Gasteiger partial charge >= 0.3 is 6.09 Å². The van der Waals surface area contributed by atoms with Crippen molar-refractivity contribution in [3.05, 3.63) is 47.8 Å². The molecule has 3 aromatic heterocycles. The highest BCUT2D eigenvalue weighted by molar-refractivity contribution is 6.00. The fourth-order valence-corrected chi connectivity index (χ4v) is 4.29. The van der Waals surface area contributed by atoms with Crippen molar-refractivity contribution in [1.29, 1.82) is 5.26 Å². The summed E-state index contributed by atoms with van der Waals surface area (Å²) in [4.78, 5) is 31.2. The van der Waals surface area contributed by atoms with E-state index in [9.17, 15) is 19.1 Å². The number of halogens is 1. The first-order valence-corrected chi connectivity index (χ1v) is 12.2. The van der Waals surface area contributed by atoms with E-state index in [-0.39, 0.29) is 18.2 Å². The van der Waals surface area contributed by atoms with Crippen molar-refractivity contribution in [2.75, 3.05) is 32.1 Å². The Bertz CT molecular complexity index is 1380. The van der Waals surface area contributed by atoms with Crippen LogP contribution in [0.4, 0.5) is 14.9 Å². The number of pyridine rings is 1. The molecule has 11 nitrogen and oxygen atoms in total. The van der Waals surface area contributed by atoms with E-state index in [1.807, 2.05) is 12.1 Å². The van der Waals surface area contributed by atoms with E-state index in [1.54, 1.807) is 21.5 Å². The predicted molar refractivity (Wildman–Crippen MR) is 137 cm³/mol. The first-order valence-electron chi connectivity index (χ1n) is 12.2. The van der Waals surface area contributed by atoms with E-state index in [0.29, 0.717) is 41.2 Å². The largest absolute Gasteiger partial charge is 0.453 e. The number of rotatable bonds is 7. The van der Waals surface area contributed by atoms with Gasteiger partial charge in [-0.1, -0.05) is 0 Å². The molecule has 1 saturated heterocycles. The number of hydrogen-bond donors (Lipinski definition) is 3. The Morgan fingerprint density at radius 3 is 2.84 bits per heavy atom. The van der Waals surface area contributed by atoms with Gasteiger partial charge in [-0.25, -0.2) is 13.7 Å². The zero-order valence-corrected chi connectivity index (χ0v) is 21.4. The van der Waals surface area contributed by atoms with E-state index >= 15 is 0 Å². The first-order chi connectivity index (χ1) is 18.1. The number of nitriles is 1. The number of aromatic nitrogens is 3. The summed E-state index contributed by atoms with van der Waals surface area (Å²) in [6, 6.07) is 8.92. The van der Waals surface area contributed by atoms with Gasteiger partial charge in [-0.3, -0.25) is 9.78 Å². The summed E-state index contributed by atoms with van der Waals surface area (Å²) in [5, 5.41) is 29.3. The molecule has 0 aliphatic carbocycles. The van der Waals surface area contributed by atoms with Gasteiger partial charge in [0.1, 0.15) is 12.2 Å².